The molecule has 0 radical (unpaired) electrons. The molecule has 26 heavy (non-hydrogen) atoms. The second kappa shape index (κ2) is 6.15. The molecule has 0 N–H and O–H groups in total. The van der Waals surface area contributed by atoms with Gasteiger partial charge in [-0.3, -0.25) is 14.3 Å². The molecule has 1 fully saturated rings. The Hall–Kier alpha value is -2.29. The molecule has 7 nitrogen and oxygen atoms in total. The van der Waals surface area contributed by atoms with E-state index >= 15 is 0 Å². The Balaban J connectivity index is 1.61. The molecular weight excluding hydrogens is 368 g/mol. The summed E-state index contributed by atoms with van der Waals surface area (Å²) in [6.45, 7) is -1.00. The number of pyridine rings is 1. The van der Waals surface area contributed by atoms with Crippen LogP contribution in [0.1, 0.15) is 30.3 Å². The molecule has 0 saturated carbocycles. The van der Waals surface area contributed by atoms with Crippen molar-refractivity contribution in [3.05, 3.63) is 45.4 Å². The van der Waals surface area contributed by atoms with Crippen molar-refractivity contribution in [3.8, 4) is 0 Å². The Bertz CT molecular complexity index is 918. The summed E-state index contributed by atoms with van der Waals surface area (Å²) in [5, 5.41) is 4.77. The number of amides is 1. The summed E-state index contributed by atoms with van der Waals surface area (Å²) in [4.78, 5) is 30.4. The first-order valence-electron chi connectivity index (χ1n) is 8.28. The van der Waals surface area contributed by atoms with E-state index in [2.05, 4.69) is 10.1 Å². The average Bonchev–Trinajstić information content (AvgIpc) is 2.88. The van der Waals surface area contributed by atoms with Crippen molar-refractivity contribution in [2.45, 2.75) is 37.8 Å². The van der Waals surface area contributed by atoms with Crippen LogP contribution >= 0.6 is 11.6 Å². The molecule has 0 aromatic carbocycles. The molecule has 0 unspecified atom stereocenters. The third-order valence-electron chi connectivity index (χ3n) is 4.67. The quantitative estimate of drug-likeness (QED) is 0.805. The standard InChI is InChI=1S/C16H16ClF2N5O2/c17-11-4-10(5-20-6-11)7-23-15(26)24-12(2-1-3-13(24)21-23)14(25)22-8-16(18,19)9-22/h4-6,12H,1-3,7-9H2/t12-/m0/s1. The molecular formula is C16H16ClF2N5O2. The molecule has 10 heteroatoms. The first-order chi connectivity index (χ1) is 12.3. The predicted molar refractivity (Wildman–Crippen MR) is 88.3 cm³/mol. The first kappa shape index (κ1) is 17.1. The van der Waals surface area contributed by atoms with E-state index in [1.165, 1.54) is 15.4 Å². The van der Waals surface area contributed by atoms with Crippen molar-refractivity contribution < 1.29 is 13.6 Å². The summed E-state index contributed by atoms with van der Waals surface area (Å²) in [6, 6.07) is 0.915. The van der Waals surface area contributed by atoms with Gasteiger partial charge in [0.2, 0.25) is 5.91 Å². The minimum absolute atomic E-state index is 0.176. The summed E-state index contributed by atoms with van der Waals surface area (Å²) < 4.78 is 28.8. The number of nitrogens with zero attached hydrogens (tertiary/aromatic N) is 5. The van der Waals surface area contributed by atoms with E-state index in [9.17, 15) is 18.4 Å². The SMILES string of the molecule is O=C([C@@H]1CCCc2nn(Cc3cncc(Cl)c3)c(=O)n21)N1CC(F)(F)C1. The van der Waals surface area contributed by atoms with Gasteiger partial charge >= 0.3 is 5.69 Å². The van der Waals surface area contributed by atoms with Gasteiger partial charge in [0.1, 0.15) is 11.9 Å². The molecule has 0 aliphatic carbocycles. The summed E-state index contributed by atoms with van der Waals surface area (Å²) in [7, 11) is 0. The number of alkyl halides is 2. The molecule has 1 amide bonds. The van der Waals surface area contributed by atoms with Gasteiger partial charge in [-0.25, -0.2) is 18.3 Å². The van der Waals surface area contributed by atoms with Crippen LogP contribution in [0.4, 0.5) is 8.78 Å². The summed E-state index contributed by atoms with van der Waals surface area (Å²) in [5.74, 6) is -2.77. The second-order valence-corrected chi connectivity index (χ2v) is 7.13. The molecule has 4 heterocycles. The number of hydrogen-bond donors (Lipinski definition) is 0. The molecule has 0 spiro atoms. The summed E-state index contributed by atoms with van der Waals surface area (Å²) in [5.41, 5.74) is 0.283. The zero-order valence-electron chi connectivity index (χ0n) is 13.7. The lowest BCUT2D eigenvalue weighted by Gasteiger charge is -2.41. The molecule has 2 aromatic heterocycles. The Morgan fingerprint density at radius 1 is 1.35 bits per heavy atom. The van der Waals surface area contributed by atoms with E-state index in [1.807, 2.05) is 0 Å². The number of halogens is 3. The van der Waals surface area contributed by atoms with Gasteiger partial charge in [-0.2, -0.15) is 5.10 Å². The fourth-order valence-electron chi connectivity index (χ4n) is 3.46. The monoisotopic (exact) mass is 383 g/mol. The number of aromatic nitrogens is 4. The fraction of sp³-hybridized carbons (Fsp3) is 0.500. The normalized spacial score (nSPS) is 21.2. The van der Waals surface area contributed by atoms with Crippen LogP contribution in [-0.2, 0) is 17.8 Å². The highest BCUT2D eigenvalue weighted by Crippen LogP contribution is 2.31. The van der Waals surface area contributed by atoms with Crippen molar-refractivity contribution in [2.24, 2.45) is 0 Å². The zero-order chi connectivity index (χ0) is 18.5. The number of fused-ring (bicyclic) bond motifs is 1. The summed E-state index contributed by atoms with van der Waals surface area (Å²) in [6.07, 6.45) is 4.76. The van der Waals surface area contributed by atoms with Crippen LogP contribution in [0.2, 0.25) is 5.02 Å². The highest BCUT2D eigenvalue weighted by atomic mass is 35.5. The average molecular weight is 384 g/mol. The van der Waals surface area contributed by atoms with Crippen molar-refractivity contribution >= 4 is 17.5 Å². The molecule has 1 saturated heterocycles. The van der Waals surface area contributed by atoms with Gasteiger partial charge in [-0.05, 0) is 24.5 Å². The van der Waals surface area contributed by atoms with Crippen LogP contribution in [-0.4, -0.2) is 49.2 Å². The predicted octanol–water partition coefficient (Wildman–Crippen LogP) is 1.50. The number of carbonyl (C=O) groups excluding carboxylic acids is 1. The Kier molecular flexibility index (Phi) is 4.06. The van der Waals surface area contributed by atoms with Crippen molar-refractivity contribution in [1.82, 2.24) is 24.2 Å². The van der Waals surface area contributed by atoms with E-state index in [-0.39, 0.29) is 6.54 Å². The van der Waals surface area contributed by atoms with Gasteiger partial charge in [0.15, 0.2) is 0 Å². The van der Waals surface area contributed by atoms with Gasteiger partial charge in [0.25, 0.3) is 5.92 Å². The van der Waals surface area contributed by atoms with Gasteiger partial charge in [-0.15, -0.1) is 0 Å². The lowest BCUT2D eigenvalue weighted by molar-refractivity contribution is -0.169. The van der Waals surface area contributed by atoms with Gasteiger partial charge in [-0.1, -0.05) is 11.6 Å². The molecule has 0 bridgehead atoms. The van der Waals surface area contributed by atoms with Gasteiger partial charge in [0, 0.05) is 18.8 Å². The van der Waals surface area contributed by atoms with Gasteiger partial charge < -0.3 is 4.90 Å². The van der Waals surface area contributed by atoms with E-state index < -0.39 is 36.7 Å². The highest BCUT2D eigenvalue weighted by Gasteiger charge is 2.48. The van der Waals surface area contributed by atoms with Crippen LogP contribution in [0.3, 0.4) is 0 Å². The summed E-state index contributed by atoms with van der Waals surface area (Å²) >= 11 is 5.91. The van der Waals surface area contributed by atoms with Crippen molar-refractivity contribution in [3.63, 3.8) is 0 Å². The van der Waals surface area contributed by atoms with Crippen LogP contribution in [0.5, 0.6) is 0 Å². The number of hydrogen-bond acceptors (Lipinski definition) is 4. The Morgan fingerprint density at radius 3 is 2.81 bits per heavy atom. The van der Waals surface area contributed by atoms with Crippen LogP contribution in [0.15, 0.2) is 23.3 Å². The molecule has 2 aromatic rings. The van der Waals surface area contributed by atoms with Crippen LogP contribution < -0.4 is 5.69 Å². The smallest absolute Gasteiger partial charge is 0.329 e. The van der Waals surface area contributed by atoms with E-state index in [1.54, 1.807) is 12.3 Å². The van der Waals surface area contributed by atoms with Crippen LogP contribution in [0, 0.1) is 0 Å². The second-order valence-electron chi connectivity index (χ2n) is 6.70. The maximum absolute atomic E-state index is 13.1. The molecule has 1 atom stereocenters. The topological polar surface area (TPSA) is 73.0 Å². The number of likely N-dealkylation sites (tertiary alicyclic amines) is 1. The molecule has 2 aliphatic heterocycles. The minimum atomic E-state index is -2.83. The largest absolute Gasteiger partial charge is 0.346 e. The lowest BCUT2D eigenvalue weighted by Crippen LogP contribution is -2.60. The Labute approximate surface area is 152 Å². The maximum Gasteiger partial charge on any atom is 0.346 e. The molecule has 2 aliphatic rings. The third-order valence-corrected chi connectivity index (χ3v) is 4.87. The van der Waals surface area contributed by atoms with Gasteiger partial charge in [0.05, 0.1) is 24.7 Å². The Morgan fingerprint density at radius 2 is 2.12 bits per heavy atom. The number of rotatable bonds is 3. The minimum Gasteiger partial charge on any atom is -0.329 e. The maximum atomic E-state index is 13.1. The third kappa shape index (κ3) is 3.00. The molecule has 4 rings (SSSR count). The lowest BCUT2D eigenvalue weighted by atomic mass is 10.0. The van der Waals surface area contributed by atoms with Crippen LogP contribution in [0.25, 0.3) is 0 Å². The number of carbonyl (C=O) groups is 1. The van der Waals surface area contributed by atoms with E-state index in [0.717, 1.165) is 4.90 Å². The van der Waals surface area contributed by atoms with Crippen molar-refractivity contribution in [2.75, 3.05) is 13.1 Å². The van der Waals surface area contributed by atoms with E-state index in [0.29, 0.717) is 35.7 Å². The van der Waals surface area contributed by atoms with Crippen molar-refractivity contribution in [1.29, 1.82) is 0 Å². The molecule has 138 valence electrons. The number of aryl methyl sites for hydroxylation is 1. The highest BCUT2D eigenvalue weighted by molar-refractivity contribution is 6.30. The van der Waals surface area contributed by atoms with E-state index in [4.69, 9.17) is 11.6 Å². The zero-order valence-corrected chi connectivity index (χ0v) is 14.5. The first-order valence-corrected chi connectivity index (χ1v) is 8.66. The fourth-order valence-corrected chi connectivity index (χ4v) is 3.66.